The first-order valence-corrected chi connectivity index (χ1v) is 4.29. The van der Waals surface area contributed by atoms with Gasteiger partial charge in [-0.2, -0.15) is 5.10 Å². The molecule has 0 saturated carbocycles. The van der Waals surface area contributed by atoms with Crippen LogP contribution in [0.4, 0.5) is 4.39 Å². The van der Waals surface area contributed by atoms with Gasteiger partial charge in [0, 0.05) is 12.7 Å². The average Bonchev–Trinajstić information content (AvgIpc) is 2.28. The average molecular weight is 221 g/mol. The fraction of sp³-hybridized carbons (Fsp3) is 0.571. The zero-order chi connectivity index (χ0) is 8.27. The summed E-state index contributed by atoms with van der Waals surface area (Å²) in [5.41, 5.74) is 0.948. The van der Waals surface area contributed by atoms with Gasteiger partial charge in [0.1, 0.15) is 0 Å². The quantitative estimate of drug-likeness (QED) is 0.765. The van der Waals surface area contributed by atoms with Gasteiger partial charge in [-0.05, 0) is 29.3 Å². The van der Waals surface area contributed by atoms with Crippen LogP contribution in [0.1, 0.15) is 12.1 Å². The molecule has 4 heteroatoms. The predicted molar refractivity (Wildman–Crippen MR) is 45.3 cm³/mol. The van der Waals surface area contributed by atoms with E-state index in [0.717, 1.165) is 10.2 Å². The van der Waals surface area contributed by atoms with Gasteiger partial charge in [-0.25, -0.2) is 0 Å². The van der Waals surface area contributed by atoms with Crippen LogP contribution < -0.4 is 0 Å². The summed E-state index contributed by atoms with van der Waals surface area (Å²) < 4.78 is 14.5. The third-order valence-corrected chi connectivity index (χ3v) is 2.19. The van der Waals surface area contributed by atoms with Crippen LogP contribution >= 0.6 is 15.9 Å². The highest BCUT2D eigenvalue weighted by Gasteiger charge is 1.99. The van der Waals surface area contributed by atoms with Crippen molar-refractivity contribution in [3.05, 3.63) is 16.4 Å². The van der Waals surface area contributed by atoms with Gasteiger partial charge in [0.15, 0.2) is 0 Å². The minimum atomic E-state index is -0.281. The molecule has 62 valence electrons. The topological polar surface area (TPSA) is 17.8 Å². The van der Waals surface area contributed by atoms with Crippen LogP contribution in [0.25, 0.3) is 0 Å². The lowest BCUT2D eigenvalue weighted by molar-refractivity contribution is 0.434. The molecule has 0 bridgehead atoms. The maximum Gasteiger partial charge on any atom is 0.0912 e. The number of nitrogens with zero attached hydrogens (tertiary/aromatic N) is 2. The van der Waals surface area contributed by atoms with Crippen LogP contribution in [0.3, 0.4) is 0 Å². The molecular weight excluding hydrogens is 211 g/mol. The zero-order valence-electron chi connectivity index (χ0n) is 6.35. The number of rotatable bonds is 3. The Hall–Kier alpha value is -0.380. The van der Waals surface area contributed by atoms with E-state index in [9.17, 15) is 4.39 Å². The van der Waals surface area contributed by atoms with Crippen molar-refractivity contribution in [1.82, 2.24) is 9.78 Å². The number of alkyl halides is 1. The van der Waals surface area contributed by atoms with Gasteiger partial charge in [-0.15, -0.1) is 0 Å². The summed E-state index contributed by atoms with van der Waals surface area (Å²) in [6.45, 7) is 2.29. The summed E-state index contributed by atoms with van der Waals surface area (Å²) in [5.74, 6) is 0. The number of aryl methyl sites for hydroxylation is 2. The minimum absolute atomic E-state index is 0.281. The van der Waals surface area contributed by atoms with E-state index >= 15 is 0 Å². The molecule has 11 heavy (non-hydrogen) atoms. The van der Waals surface area contributed by atoms with Gasteiger partial charge >= 0.3 is 0 Å². The molecule has 0 aliphatic rings. The Kier molecular flexibility index (Phi) is 3.05. The van der Waals surface area contributed by atoms with Crippen molar-refractivity contribution in [3.63, 3.8) is 0 Å². The number of halogens is 2. The molecule has 1 heterocycles. The van der Waals surface area contributed by atoms with Crippen molar-refractivity contribution < 1.29 is 4.39 Å². The molecule has 0 radical (unpaired) electrons. The van der Waals surface area contributed by atoms with E-state index in [4.69, 9.17) is 0 Å². The molecule has 0 aromatic carbocycles. The van der Waals surface area contributed by atoms with Crippen molar-refractivity contribution in [3.8, 4) is 0 Å². The van der Waals surface area contributed by atoms with Crippen molar-refractivity contribution in [2.24, 2.45) is 0 Å². The summed E-state index contributed by atoms with van der Waals surface area (Å²) in [6.07, 6.45) is 2.40. The number of hydrogen-bond acceptors (Lipinski definition) is 1. The van der Waals surface area contributed by atoms with Crippen molar-refractivity contribution >= 4 is 15.9 Å². The molecule has 0 atom stereocenters. The third kappa shape index (κ3) is 2.29. The lowest BCUT2D eigenvalue weighted by atomic mass is 10.5. The van der Waals surface area contributed by atoms with Crippen molar-refractivity contribution in [1.29, 1.82) is 0 Å². The van der Waals surface area contributed by atoms with Gasteiger partial charge in [0.2, 0.25) is 0 Å². The van der Waals surface area contributed by atoms with Gasteiger partial charge in [0.25, 0.3) is 0 Å². The summed E-state index contributed by atoms with van der Waals surface area (Å²) in [7, 11) is 0. The first-order valence-electron chi connectivity index (χ1n) is 3.49. The van der Waals surface area contributed by atoms with Gasteiger partial charge in [-0.3, -0.25) is 9.07 Å². The Labute approximate surface area is 73.5 Å². The molecule has 0 fully saturated rings. The van der Waals surface area contributed by atoms with Crippen LogP contribution in [-0.2, 0) is 6.54 Å². The monoisotopic (exact) mass is 220 g/mol. The second-order valence-electron chi connectivity index (χ2n) is 2.37. The predicted octanol–water partition coefficient (Wildman–Crippen LogP) is 2.31. The van der Waals surface area contributed by atoms with E-state index in [1.54, 1.807) is 4.68 Å². The molecule has 0 N–H and O–H groups in total. The summed E-state index contributed by atoms with van der Waals surface area (Å²) in [5, 5.41) is 4.15. The highest BCUT2D eigenvalue weighted by atomic mass is 79.9. The SMILES string of the molecule is Cc1nn(CCCF)cc1Br. The highest BCUT2D eigenvalue weighted by molar-refractivity contribution is 9.10. The molecule has 1 aromatic rings. The lowest BCUT2D eigenvalue weighted by Gasteiger charge is -1.95. The fourth-order valence-corrected chi connectivity index (χ4v) is 1.15. The molecule has 0 spiro atoms. The van der Waals surface area contributed by atoms with Gasteiger partial charge in [0.05, 0.1) is 16.8 Å². The van der Waals surface area contributed by atoms with E-state index in [0.29, 0.717) is 13.0 Å². The van der Waals surface area contributed by atoms with Gasteiger partial charge in [-0.1, -0.05) is 0 Å². The molecule has 2 nitrogen and oxygen atoms in total. The van der Waals surface area contributed by atoms with Crippen LogP contribution in [-0.4, -0.2) is 16.5 Å². The third-order valence-electron chi connectivity index (χ3n) is 1.41. The largest absolute Gasteiger partial charge is 0.271 e. The summed E-state index contributed by atoms with van der Waals surface area (Å²) in [6, 6.07) is 0. The molecule has 0 aliphatic heterocycles. The molecule has 0 amide bonds. The molecule has 1 rings (SSSR count). The number of aromatic nitrogens is 2. The van der Waals surface area contributed by atoms with E-state index in [-0.39, 0.29) is 6.67 Å². The maximum absolute atomic E-state index is 11.7. The normalized spacial score (nSPS) is 10.5. The number of hydrogen-bond donors (Lipinski definition) is 0. The first kappa shape index (κ1) is 8.71. The molecule has 0 saturated heterocycles. The Morgan fingerprint density at radius 1 is 1.73 bits per heavy atom. The van der Waals surface area contributed by atoms with Crippen LogP contribution in [0.15, 0.2) is 10.7 Å². The second-order valence-corrected chi connectivity index (χ2v) is 3.22. The Morgan fingerprint density at radius 3 is 2.91 bits per heavy atom. The molecule has 1 aromatic heterocycles. The lowest BCUT2D eigenvalue weighted by Crippen LogP contribution is -1.99. The first-order chi connectivity index (χ1) is 5.24. The van der Waals surface area contributed by atoms with Crippen LogP contribution in [0, 0.1) is 6.92 Å². The Morgan fingerprint density at radius 2 is 2.45 bits per heavy atom. The zero-order valence-corrected chi connectivity index (χ0v) is 7.94. The highest BCUT2D eigenvalue weighted by Crippen LogP contribution is 2.13. The Bertz CT molecular complexity index is 215. The molecular formula is C7H10BrFN2. The summed E-state index contributed by atoms with van der Waals surface area (Å²) >= 11 is 3.33. The second kappa shape index (κ2) is 3.85. The van der Waals surface area contributed by atoms with E-state index in [1.165, 1.54) is 0 Å². The van der Waals surface area contributed by atoms with E-state index in [1.807, 2.05) is 13.1 Å². The standard InChI is InChI=1S/C7H10BrFN2/c1-6-7(8)5-11(10-6)4-2-3-9/h5H,2-4H2,1H3. The van der Waals surface area contributed by atoms with Gasteiger partial charge < -0.3 is 0 Å². The van der Waals surface area contributed by atoms with Crippen molar-refractivity contribution in [2.75, 3.05) is 6.67 Å². The minimum Gasteiger partial charge on any atom is -0.271 e. The fourth-order valence-electron chi connectivity index (χ4n) is 0.830. The Balaban J connectivity index is 2.58. The summed E-state index contributed by atoms with van der Waals surface area (Å²) in [4.78, 5) is 0. The van der Waals surface area contributed by atoms with Crippen LogP contribution in [0.2, 0.25) is 0 Å². The van der Waals surface area contributed by atoms with E-state index < -0.39 is 0 Å². The maximum atomic E-state index is 11.7. The van der Waals surface area contributed by atoms with E-state index in [2.05, 4.69) is 21.0 Å². The molecule has 0 unspecified atom stereocenters. The smallest absolute Gasteiger partial charge is 0.0912 e. The molecule has 0 aliphatic carbocycles. The van der Waals surface area contributed by atoms with Crippen LogP contribution in [0.5, 0.6) is 0 Å². The van der Waals surface area contributed by atoms with Crippen molar-refractivity contribution in [2.45, 2.75) is 19.9 Å².